The highest BCUT2D eigenvalue weighted by Crippen LogP contribution is 2.14. The molecule has 0 aliphatic rings. The number of ether oxygens (including phenoxy) is 2. The summed E-state index contributed by atoms with van der Waals surface area (Å²) in [5.41, 5.74) is 0. The number of aliphatic hydroxyl groups is 1. The van der Waals surface area contributed by atoms with Crippen molar-refractivity contribution in [3.63, 3.8) is 0 Å². The van der Waals surface area contributed by atoms with Crippen molar-refractivity contribution in [3.05, 3.63) is 0 Å². The zero-order valence-electron chi connectivity index (χ0n) is 12.5. The second-order valence-electron chi connectivity index (χ2n) is 4.81. The van der Waals surface area contributed by atoms with E-state index in [0.717, 1.165) is 38.5 Å². The molecular formula is C15H30O4. The Kier molecular flexibility index (Phi) is 13.4. The summed E-state index contributed by atoms with van der Waals surface area (Å²) in [6.45, 7) is 6.11. The molecule has 0 aromatic heterocycles. The molecular weight excluding hydrogens is 244 g/mol. The van der Waals surface area contributed by atoms with Crippen molar-refractivity contribution in [2.24, 2.45) is 5.92 Å². The average molecular weight is 274 g/mol. The van der Waals surface area contributed by atoms with Crippen LogP contribution in [0.25, 0.3) is 0 Å². The summed E-state index contributed by atoms with van der Waals surface area (Å²) >= 11 is 0. The number of esters is 1. The largest absolute Gasteiger partial charge is 0.465 e. The van der Waals surface area contributed by atoms with E-state index in [1.165, 1.54) is 0 Å². The third-order valence-corrected chi connectivity index (χ3v) is 3.11. The van der Waals surface area contributed by atoms with Crippen LogP contribution in [0.3, 0.4) is 0 Å². The normalized spacial score (nSPS) is 12.4. The van der Waals surface area contributed by atoms with Crippen molar-refractivity contribution in [1.82, 2.24) is 0 Å². The molecule has 0 amide bonds. The van der Waals surface area contributed by atoms with Gasteiger partial charge in [0.1, 0.15) is 0 Å². The van der Waals surface area contributed by atoms with Gasteiger partial charge in [0.2, 0.25) is 0 Å². The van der Waals surface area contributed by atoms with Crippen molar-refractivity contribution in [3.8, 4) is 0 Å². The summed E-state index contributed by atoms with van der Waals surface area (Å²) < 4.78 is 10.6. The van der Waals surface area contributed by atoms with Gasteiger partial charge in [-0.2, -0.15) is 0 Å². The van der Waals surface area contributed by atoms with E-state index in [-0.39, 0.29) is 18.5 Å². The number of hydrogen-bond acceptors (Lipinski definition) is 4. The van der Waals surface area contributed by atoms with Crippen molar-refractivity contribution >= 4 is 5.97 Å². The fraction of sp³-hybridized carbons (Fsp3) is 0.933. The molecule has 0 rings (SSSR count). The van der Waals surface area contributed by atoms with E-state index in [1.54, 1.807) is 0 Å². The van der Waals surface area contributed by atoms with Gasteiger partial charge in [0.15, 0.2) is 0 Å². The first-order valence-electron chi connectivity index (χ1n) is 7.61. The third kappa shape index (κ3) is 11.0. The Morgan fingerprint density at radius 2 is 1.74 bits per heavy atom. The predicted octanol–water partition coefficient (Wildman–Crippen LogP) is 2.93. The van der Waals surface area contributed by atoms with Crippen LogP contribution in [0.5, 0.6) is 0 Å². The Hall–Kier alpha value is -0.610. The van der Waals surface area contributed by atoms with Gasteiger partial charge in [-0.25, -0.2) is 0 Å². The van der Waals surface area contributed by atoms with Crippen molar-refractivity contribution in [2.45, 2.75) is 58.8 Å². The van der Waals surface area contributed by atoms with Gasteiger partial charge >= 0.3 is 5.97 Å². The molecule has 4 nitrogen and oxygen atoms in total. The quantitative estimate of drug-likeness (QED) is 0.414. The molecule has 0 saturated heterocycles. The van der Waals surface area contributed by atoms with Crippen molar-refractivity contribution in [1.29, 1.82) is 0 Å². The van der Waals surface area contributed by atoms with Gasteiger partial charge in [-0.1, -0.05) is 26.7 Å². The number of carbonyl (C=O) groups excluding carboxylic acids is 1. The maximum atomic E-state index is 11.8. The Bertz CT molecular complexity index is 206. The first-order chi connectivity index (χ1) is 9.26. The highest BCUT2D eigenvalue weighted by atomic mass is 16.5. The maximum Gasteiger partial charge on any atom is 0.308 e. The summed E-state index contributed by atoms with van der Waals surface area (Å²) in [5, 5.41) is 8.57. The van der Waals surface area contributed by atoms with E-state index in [4.69, 9.17) is 14.6 Å². The smallest absolute Gasteiger partial charge is 0.308 e. The lowest BCUT2D eigenvalue weighted by molar-refractivity contribution is -0.149. The molecule has 0 aliphatic heterocycles. The summed E-state index contributed by atoms with van der Waals surface area (Å²) in [5.74, 6) is 0.0258. The Morgan fingerprint density at radius 1 is 1.05 bits per heavy atom. The van der Waals surface area contributed by atoms with Crippen LogP contribution >= 0.6 is 0 Å². The minimum Gasteiger partial charge on any atom is -0.465 e. The van der Waals surface area contributed by atoms with Gasteiger partial charge in [0, 0.05) is 19.8 Å². The minimum atomic E-state index is -0.0443. The van der Waals surface area contributed by atoms with E-state index in [1.807, 2.05) is 6.92 Å². The Labute approximate surface area is 117 Å². The molecule has 0 fully saturated rings. The Morgan fingerprint density at radius 3 is 2.37 bits per heavy atom. The van der Waals surface area contributed by atoms with E-state index in [2.05, 4.69) is 6.92 Å². The molecule has 1 N–H and O–H groups in total. The molecule has 0 aromatic carbocycles. The fourth-order valence-electron chi connectivity index (χ4n) is 1.80. The van der Waals surface area contributed by atoms with Crippen LogP contribution in [0.4, 0.5) is 0 Å². The van der Waals surface area contributed by atoms with Crippen LogP contribution in [-0.2, 0) is 14.3 Å². The van der Waals surface area contributed by atoms with E-state index >= 15 is 0 Å². The van der Waals surface area contributed by atoms with Gasteiger partial charge in [-0.15, -0.1) is 0 Å². The second-order valence-corrected chi connectivity index (χ2v) is 4.81. The third-order valence-electron chi connectivity index (χ3n) is 3.11. The monoisotopic (exact) mass is 274 g/mol. The molecule has 0 heterocycles. The number of carbonyl (C=O) groups is 1. The average Bonchev–Trinajstić information content (AvgIpc) is 2.42. The van der Waals surface area contributed by atoms with Crippen LogP contribution in [0.1, 0.15) is 58.8 Å². The first kappa shape index (κ1) is 18.4. The van der Waals surface area contributed by atoms with Crippen LogP contribution in [0, 0.1) is 5.92 Å². The highest BCUT2D eigenvalue weighted by molar-refractivity contribution is 5.72. The van der Waals surface area contributed by atoms with Gasteiger partial charge < -0.3 is 14.6 Å². The highest BCUT2D eigenvalue weighted by Gasteiger charge is 2.16. The number of rotatable bonds is 13. The van der Waals surface area contributed by atoms with E-state index < -0.39 is 0 Å². The molecule has 0 aliphatic carbocycles. The maximum absolute atomic E-state index is 11.8. The van der Waals surface area contributed by atoms with Gasteiger partial charge in [0.25, 0.3) is 0 Å². The lowest BCUT2D eigenvalue weighted by Gasteiger charge is -2.13. The molecule has 1 unspecified atom stereocenters. The molecule has 114 valence electrons. The zero-order chi connectivity index (χ0) is 14.3. The van der Waals surface area contributed by atoms with Crippen molar-refractivity contribution < 1.29 is 19.4 Å². The second kappa shape index (κ2) is 13.8. The lowest BCUT2D eigenvalue weighted by atomic mass is 10.00. The minimum absolute atomic E-state index is 0.0443. The summed E-state index contributed by atoms with van der Waals surface area (Å²) in [6, 6.07) is 0. The fourth-order valence-corrected chi connectivity index (χ4v) is 1.80. The molecule has 0 aromatic rings. The van der Waals surface area contributed by atoms with Crippen LogP contribution < -0.4 is 0 Å². The molecule has 4 heteroatoms. The molecule has 19 heavy (non-hydrogen) atoms. The summed E-state index contributed by atoms with van der Waals surface area (Å²) in [6.07, 6.45) is 6.44. The van der Waals surface area contributed by atoms with Crippen LogP contribution in [-0.4, -0.2) is 37.5 Å². The molecule has 0 spiro atoms. The summed E-state index contributed by atoms with van der Waals surface area (Å²) in [4.78, 5) is 11.8. The molecule has 0 saturated carbocycles. The Balaban J connectivity index is 3.45. The van der Waals surface area contributed by atoms with Crippen LogP contribution in [0.2, 0.25) is 0 Å². The lowest BCUT2D eigenvalue weighted by Crippen LogP contribution is -2.18. The SMILES string of the molecule is CCCCC(CC)C(=O)OCCCCOCCCO. The molecule has 0 bridgehead atoms. The van der Waals surface area contributed by atoms with Gasteiger partial charge in [-0.3, -0.25) is 4.79 Å². The predicted molar refractivity (Wildman–Crippen MR) is 76.0 cm³/mol. The van der Waals surface area contributed by atoms with Crippen molar-refractivity contribution in [2.75, 3.05) is 26.4 Å². The number of hydrogen-bond donors (Lipinski definition) is 1. The molecule has 0 radical (unpaired) electrons. The van der Waals surface area contributed by atoms with Gasteiger partial charge in [0.05, 0.1) is 12.5 Å². The zero-order valence-corrected chi connectivity index (χ0v) is 12.5. The van der Waals surface area contributed by atoms with Crippen LogP contribution in [0.15, 0.2) is 0 Å². The first-order valence-corrected chi connectivity index (χ1v) is 7.61. The van der Waals surface area contributed by atoms with Gasteiger partial charge in [-0.05, 0) is 32.1 Å². The standard InChI is InChI=1S/C15H30O4/c1-3-5-9-14(4-2)15(17)19-13-7-6-11-18-12-8-10-16/h14,16H,3-13H2,1-2H3. The summed E-state index contributed by atoms with van der Waals surface area (Å²) in [7, 11) is 0. The molecule has 1 atom stereocenters. The number of unbranched alkanes of at least 4 members (excludes halogenated alkanes) is 2. The van der Waals surface area contributed by atoms with E-state index in [9.17, 15) is 4.79 Å². The number of aliphatic hydroxyl groups excluding tert-OH is 1. The van der Waals surface area contributed by atoms with E-state index in [0.29, 0.717) is 26.2 Å². The topological polar surface area (TPSA) is 55.8 Å².